The third kappa shape index (κ3) is 13.6. The molecule has 0 amide bonds. The second-order valence-electron chi connectivity index (χ2n) is 5.98. The van der Waals surface area contributed by atoms with E-state index in [1.165, 1.54) is 75.3 Å². The Kier molecular flexibility index (Phi) is 14.1. The van der Waals surface area contributed by atoms with Crippen LogP contribution in [0.3, 0.4) is 0 Å². The Morgan fingerprint density at radius 1 is 0.500 bits per heavy atom. The number of hydrogen-bond acceptors (Lipinski definition) is 0. The van der Waals surface area contributed by atoms with Gasteiger partial charge in [-0.3, -0.25) is 0 Å². The summed E-state index contributed by atoms with van der Waals surface area (Å²) >= 11 is 0. The number of unbranched alkanes of at least 4 members (excludes halogenated alkanes) is 9. The summed E-state index contributed by atoms with van der Waals surface area (Å²) in [6, 6.07) is 8.48. The normalized spacial score (nSPS) is 10.0. The predicted octanol–water partition coefficient (Wildman–Crippen LogP) is 7.23. The van der Waals surface area contributed by atoms with Crippen molar-refractivity contribution in [1.29, 1.82) is 0 Å². The van der Waals surface area contributed by atoms with Crippen LogP contribution >= 0.6 is 0 Å². The molecule has 0 radical (unpaired) electrons. The van der Waals surface area contributed by atoms with E-state index >= 15 is 0 Å². The van der Waals surface area contributed by atoms with E-state index in [1.807, 2.05) is 0 Å². The first-order chi connectivity index (χ1) is 9.70. The van der Waals surface area contributed by atoms with Crippen molar-refractivity contribution in [2.24, 2.45) is 0 Å². The monoisotopic (exact) mass is 276 g/mol. The maximum atomic E-state index is 2.28. The average Bonchev–Trinajstić information content (AvgIpc) is 2.46. The molecule has 0 N–H and O–H groups in total. The Balaban J connectivity index is 0.000000388. The zero-order chi connectivity index (χ0) is 15.1. The van der Waals surface area contributed by atoms with Crippen LogP contribution in [0.15, 0.2) is 24.3 Å². The van der Waals surface area contributed by atoms with Gasteiger partial charge in [0.2, 0.25) is 0 Å². The summed E-state index contributed by atoms with van der Waals surface area (Å²) in [4.78, 5) is 0. The maximum absolute atomic E-state index is 2.28. The molecule has 116 valence electrons. The molecule has 0 nitrogen and oxygen atoms in total. The quantitative estimate of drug-likeness (QED) is 0.417. The summed E-state index contributed by atoms with van der Waals surface area (Å²) in [7, 11) is 0. The molecule has 0 aromatic heterocycles. The first-order valence-electron chi connectivity index (χ1n) is 8.74. The highest BCUT2D eigenvalue weighted by atomic mass is 14.0. The smallest absolute Gasteiger partial charge is 0.0398 e. The van der Waals surface area contributed by atoms with Gasteiger partial charge in [0.25, 0.3) is 0 Å². The van der Waals surface area contributed by atoms with Crippen LogP contribution in [0, 0.1) is 13.8 Å². The number of hydrogen-bond donors (Lipinski definition) is 0. The first kappa shape index (κ1) is 19.2. The van der Waals surface area contributed by atoms with Crippen molar-refractivity contribution in [2.45, 2.75) is 91.9 Å². The van der Waals surface area contributed by atoms with Crippen LogP contribution < -0.4 is 0 Å². The van der Waals surface area contributed by atoms with Gasteiger partial charge in [-0.25, -0.2) is 0 Å². The summed E-state index contributed by atoms with van der Waals surface area (Å²) in [5.74, 6) is 0. The zero-order valence-electron chi connectivity index (χ0n) is 14.4. The Hall–Kier alpha value is -0.780. The summed E-state index contributed by atoms with van der Waals surface area (Å²) in [6.07, 6.45) is 14.4. The van der Waals surface area contributed by atoms with Crippen LogP contribution in [0.1, 0.15) is 89.2 Å². The second-order valence-corrected chi connectivity index (χ2v) is 5.98. The molecule has 0 spiro atoms. The molecular weight excluding hydrogens is 240 g/mol. The van der Waals surface area contributed by atoms with Crippen molar-refractivity contribution in [3.63, 3.8) is 0 Å². The molecule has 0 bridgehead atoms. The summed E-state index contributed by atoms with van der Waals surface area (Å²) in [5.41, 5.74) is 2.66. The summed E-state index contributed by atoms with van der Waals surface area (Å²) < 4.78 is 0. The van der Waals surface area contributed by atoms with Crippen molar-refractivity contribution in [2.75, 3.05) is 0 Å². The van der Waals surface area contributed by atoms with Gasteiger partial charge in [0.1, 0.15) is 0 Å². The summed E-state index contributed by atoms with van der Waals surface area (Å²) in [6.45, 7) is 8.75. The van der Waals surface area contributed by atoms with Gasteiger partial charge >= 0.3 is 0 Å². The topological polar surface area (TPSA) is 0 Å². The van der Waals surface area contributed by atoms with Crippen LogP contribution in [0.25, 0.3) is 0 Å². The Morgan fingerprint density at radius 2 is 0.750 bits per heavy atom. The molecule has 0 saturated carbocycles. The van der Waals surface area contributed by atoms with E-state index in [4.69, 9.17) is 0 Å². The lowest BCUT2D eigenvalue weighted by atomic mass is 10.1. The van der Waals surface area contributed by atoms with Gasteiger partial charge in [0.05, 0.1) is 0 Å². The van der Waals surface area contributed by atoms with Crippen molar-refractivity contribution >= 4 is 0 Å². The molecule has 1 rings (SSSR count). The Bertz CT molecular complexity index is 252. The molecule has 0 heteroatoms. The van der Waals surface area contributed by atoms with Gasteiger partial charge in [-0.1, -0.05) is 113 Å². The summed E-state index contributed by atoms with van der Waals surface area (Å²) in [5, 5.41) is 0. The molecular formula is C20H36. The van der Waals surface area contributed by atoms with E-state index in [0.717, 1.165) is 0 Å². The van der Waals surface area contributed by atoms with E-state index in [9.17, 15) is 0 Å². The maximum Gasteiger partial charge on any atom is -0.0398 e. The second kappa shape index (κ2) is 14.6. The van der Waals surface area contributed by atoms with Gasteiger partial charge < -0.3 is 0 Å². The van der Waals surface area contributed by atoms with E-state index in [1.54, 1.807) is 0 Å². The fourth-order valence-corrected chi connectivity index (χ4v) is 2.20. The minimum absolute atomic E-state index is 1.33. The van der Waals surface area contributed by atoms with Gasteiger partial charge in [-0.05, 0) is 13.8 Å². The highest BCUT2D eigenvalue weighted by molar-refractivity contribution is 5.19. The highest BCUT2D eigenvalue weighted by Crippen LogP contribution is 2.09. The number of aryl methyl sites for hydroxylation is 2. The molecule has 0 fully saturated rings. The molecule has 0 saturated heterocycles. The van der Waals surface area contributed by atoms with Crippen molar-refractivity contribution in [1.82, 2.24) is 0 Å². The average molecular weight is 277 g/mol. The van der Waals surface area contributed by atoms with E-state index in [-0.39, 0.29) is 0 Å². The third-order valence-electron chi connectivity index (χ3n) is 3.68. The van der Waals surface area contributed by atoms with Crippen molar-refractivity contribution in [3.8, 4) is 0 Å². The fourth-order valence-electron chi connectivity index (χ4n) is 2.20. The van der Waals surface area contributed by atoms with Gasteiger partial charge in [-0.2, -0.15) is 0 Å². The van der Waals surface area contributed by atoms with E-state index in [2.05, 4.69) is 52.0 Å². The van der Waals surface area contributed by atoms with Crippen LogP contribution in [0.2, 0.25) is 0 Å². The minimum atomic E-state index is 1.33. The molecule has 0 aliphatic rings. The standard InChI is InChI=1S/C12H26.C8H10/c1-3-5-7-9-11-12-10-8-6-4-2;1-7-3-5-8(2)6-4-7/h3-12H2,1-2H3;3-6H,1-2H3. The first-order valence-corrected chi connectivity index (χ1v) is 8.74. The lowest BCUT2D eigenvalue weighted by molar-refractivity contribution is 0.562. The Morgan fingerprint density at radius 3 is 1.00 bits per heavy atom. The lowest BCUT2D eigenvalue weighted by Crippen LogP contribution is -1.80. The number of benzene rings is 1. The number of rotatable bonds is 9. The molecule has 20 heavy (non-hydrogen) atoms. The van der Waals surface area contributed by atoms with Crippen molar-refractivity contribution in [3.05, 3.63) is 35.4 Å². The highest BCUT2D eigenvalue weighted by Gasteiger charge is 1.90. The zero-order valence-corrected chi connectivity index (χ0v) is 14.4. The SMILES string of the molecule is CCCCCCCCCCCC.Cc1ccc(C)cc1. The van der Waals surface area contributed by atoms with Crippen LogP contribution in [0.5, 0.6) is 0 Å². The van der Waals surface area contributed by atoms with Gasteiger partial charge in [0.15, 0.2) is 0 Å². The fraction of sp³-hybridized carbons (Fsp3) is 0.700. The van der Waals surface area contributed by atoms with E-state index < -0.39 is 0 Å². The lowest BCUT2D eigenvalue weighted by Gasteiger charge is -1.99. The molecule has 1 aromatic rings. The molecule has 0 atom stereocenters. The largest absolute Gasteiger partial charge is 0.0654 e. The molecule has 1 aromatic carbocycles. The van der Waals surface area contributed by atoms with Crippen molar-refractivity contribution < 1.29 is 0 Å². The van der Waals surface area contributed by atoms with Crippen LogP contribution in [-0.2, 0) is 0 Å². The predicted molar refractivity (Wildman–Crippen MR) is 93.4 cm³/mol. The molecule has 0 aliphatic heterocycles. The third-order valence-corrected chi connectivity index (χ3v) is 3.68. The minimum Gasteiger partial charge on any atom is -0.0654 e. The Labute approximate surface area is 128 Å². The van der Waals surface area contributed by atoms with E-state index in [0.29, 0.717) is 0 Å². The van der Waals surface area contributed by atoms with Gasteiger partial charge in [-0.15, -0.1) is 0 Å². The molecule has 0 heterocycles. The van der Waals surface area contributed by atoms with Crippen LogP contribution in [0.4, 0.5) is 0 Å². The van der Waals surface area contributed by atoms with Gasteiger partial charge in [0, 0.05) is 0 Å². The molecule has 0 aliphatic carbocycles. The van der Waals surface area contributed by atoms with Crippen LogP contribution in [-0.4, -0.2) is 0 Å². The molecule has 0 unspecified atom stereocenters.